The zero-order valence-electron chi connectivity index (χ0n) is 9.73. The summed E-state index contributed by atoms with van der Waals surface area (Å²) in [6, 6.07) is 0. The average molecular weight is 278 g/mol. The van der Waals surface area contributed by atoms with Crippen LogP contribution < -0.4 is 5.32 Å². The van der Waals surface area contributed by atoms with Crippen LogP contribution in [0.5, 0.6) is 0 Å². The molecule has 1 aliphatic rings. The normalized spacial score (nSPS) is 26.7. The van der Waals surface area contributed by atoms with Crippen molar-refractivity contribution in [3.05, 3.63) is 0 Å². The zero-order valence-corrected chi connectivity index (χ0v) is 11.3. The van der Waals surface area contributed by atoms with Crippen LogP contribution in [0, 0.1) is 0 Å². The van der Waals surface area contributed by atoms with Crippen molar-refractivity contribution in [1.29, 1.82) is 0 Å². The number of rotatable bonds is 4. The summed E-state index contributed by atoms with van der Waals surface area (Å²) in [4.78, 5) is 12.0. The maximum absolute atomic E-state index is 12.0. The third kappa shape index (κ3) is 3.45. The minimum absolute atomic E-state index is 0.0194. The number of hydrogen-bond donors (Lipinski definition) is 1. The number of amides is 1. The van der Waals surface area contributed by atoms with Crippen LogP contribution in [0.25, 0.3) is 0 Å². The van der Waals surface area contributed by atoms with E-state index in [1.807, 2.05) is 20.8 Å². The highest BCUT2D eigenvalue weighted by atomic mass is 79.9. The standard InChI is InChI=1S/C11H20BrNO2/c1-10(2,6-7-12)13-9(14)11(3)5-4-8-15-11/h4-8H2,1-3H3,(H,13,14). The molecule has 0 bridgehead atoms. The maximum atomic E-state index is 12.0. The molecule has 1 N–H and O–H groups in total. The van der Waals surface area contributed by atoms with Crippen molar-refractivity contribution in [2.45, 2.75) is 51.2 Å². The lowest BCUT2D eigenvalue weighted by Gasteiger charge is -2.31. The molecule has 0 aromatic rings. The third-order valence-electron chi connectivity index (χ3n) is 2.87. The lowest BCUT2D eigenvalue weighted by atomic mass is 9.97. The molecule has 0 aliphatic carbocycles. The van der Waals surface area contributed by atoms with Crippen molar-refractivity contribution in [1.82, 2.24) is 5.32 Å². The SMILES string of the molecule is CC(C)(CCBr)NC(=O)C1(C)CCCO1. The smallest absolute Gasteiger partial charge is 0.252 e. The molecule has 1 aliphatic heterocycles. The van der Waals surface area contributed by atoms with Gasteiger partial charge < -0.3 is 10.1 Å². The first-order chi connectivity index (χ1) is 6.90. The summed E-state index contributed by atoms with van der Waals surface area (Å²) in [5.74, 6) is 0.0194. The fraction of sp³-hybridized carbons (Fsp3) is 0.909. The van der Waals surface area contributed by atoms with Crippen molar-refractivity contribution in [3.63, 3.8) is 0 Å². The van der Waals surface area contributed by atoms with E-state index in [0.29, 0.717) is 6.61 Å². The van der Waals surface area contributed by atoms with E-state index in [1.54, 1.807) is 0 Å². The van der Waals surface area contributed by atoms with Crippen molar-refractivity contribution >= 4 is 21.8 Å². The van der Waals surface area contributed by atoms with Gasteiger partial charge in [0.1, 0.15) is 5.60 Å². The molecular weight excluding hydrogens is 258 g/mol. The second-order valence-electron chi connectivity index (χ2n) is 4.96. The molecule has 1 atom stereocenters. The molecule has 15 heavy (non-hydrogen) atoms. The Kier molecular flexibility index (Phi) is 4.18. The molecule has 1 fully saturated rings. The van der Waals surface area contributed by atoms with Gasteiger partial charge in [-0.15, -0.1) is 0 Å². The van der Waals surface area contributed by atoms with Gasteiger partial charge in [-0.3, -0.25) is 4.79 Å². The van der Waals surface area contributed by atoms with Gasteiger partial charge in [-0.05, 0) is 40.0 Å². The Labute approximate surface area is 100 Å². The minimum atomic E-state index is -0.608. The molecule has 1 heterocycles. The van der Waals surface area contributed by atoms with Crippen molar-refractivity contribution in [2.24, 2.45) is 0 Å². The molecule has 88 valence electrons. The number of ether oxygens (including phenoxy) is 1. The van der Waals surface area contributed by atoms with E-state index >= 15 is 0 Å². The van der Waals surface area contributed by atoms with Crippen molar-refractivity contribution < 1.29 is 9.53 Å². The Morgan fingerprint density at radius 1 is 1.60 bits per heavy atom. The Morgan fingerprint density at radius 3 is 2.73 bits per heavy atom. The second-order valence-corrected chi connectivity index (χ2v) is 5.75. The van der Waals surface area contributed by atoms with Crippen molar-refractivity contribution in [2.75, 3.05) is 11.9 Å². The molecule has 0 aromatic heterocycles. The lowest BCUT2D eigenvalue weighted by molar-refractivity contribution is -0.141. The largest absolute Gasteiger partial charge is 0.365 e. The van der Waals surface area contributed by atoms with Gasteiger partial charge in [0.05, 0.1) is 0 Å². The van der Waals surface area contributed by atoms with Gasteiger partial charge in [0.2, 0.25) is 0 Å². The minimum Gasteiger partial charge on any atom is -0.365 e. The van der Waals surface area contributed by atoms with E-state index < -0.39 is 5.60 Å². The third-order valence-corrected chi connectivity index (χ3v) is 3.27. The fourth-order valence-corrected chi connectivity index (χ4v) is 2.69. The average Bonchev–Trinajstić information content (AvgIpc) is 2.52. The first-order valence-corrected chi connectivity index (χ1v) is 6.54. The number of alkyl halides is 1. The van der Waals surface area contributed by atoms with Gasteiger partial charge in [-0.1, -0.05) is 15.9 Å². The highest BCUT2D eigenvalue weighted by molar-refractivity contribution is 9.09. The molecule has 1 rings (SSSR count). The number of hydrogen-bond acceptors (Lipinski definition) is 2. The quantitative estimate of drug-likeness (QED) is 0.801. The fourth-order valence-electron chi connectivity index (χ4n) is 1.70. The predicted octanol–water partition coefficient (Wildman–Crippen LogP) is 2.24. The highest BCUT2D eigenvalue weighted by Gasteiger charge is 2.39. The van der Waals surface area contributed by atoms with E-state index in [2.05, 4.69) is 21.2 Å². The van der Waals surface area contributed by atoms with Gasteiger partial charge in [-0.25, -0.2) is 0 Å². The van der Waals surface area contributed by atoms with Crippen LogP contribution in [0.2, 0.25) is 0 Å². The van der Waals surface area contributed by atoms with E-state index in [4.69, 9.17) is 4.74 Å². The first kappa shape index (κ1) is 13.0. The van der Waals surface area contributed by atoms with Gasteiger partial charge in [0, 0.05) is 17.5 Å². The number of carbonyl (C=O) groups is 1. The predicted molar refractivity (Wildman–Crippen MR) is 64.2 cm³/mol. The summed E-state index contributed by atoms with van der Waals surface area (Å²) < 4.78 is 5.50. The molecular formula is C11H20BrNO2. The molecule has 0 radical (unpaired) electrons. The Bertz CT molecular complexity index is 235. The second kappa shape index (κ2) is 4.83. The molecule has 4 heteroatoms. The number of halogens is 1. The van der Waals surface area contributed by atoms with Crippen LogP contribution in [-0.2, 0) is 9.53 Å². The van der Waals surface area contributed by atoms with Gasteiger partial charge >= 0.3 is 0 Å². The molecule has 0 saturated carbocycles. The van der Waals surface area contributed by atoms with Crippen molar-refractivity contribution in [3.8, 4) is 0 Å². The van der Waals surface area contributed by atoms with E-state index in [-0.39, 0.29) is 11.4 Å². The molecule has 1 saturated heterocycles. The monoisotopic (exact) mass is 277 g/mol. The number of carbonyl (C=O) groups excluding carboxylic acids is 1. The Hall–Kier alpha value is -0.0900. The summed E-state index contributed by atoms with van der Waals surface area (Å²) in [5.41, 5.74) is -0.779. The zero-order chi connectivity index (χ0) is 11.5. The Morgan fingerprint density at radius 2 is 2.27 bits per heavy atom. The van der Waals surface area contributed by atoms with Gasteiger partial charge in [0.25, 0.3) is 5.91 Å². The lowest BCUT2D eigenvalue weighted by Crippen LogP contribution is -2.52. The number of nitrogens with one attached hydrogen (secondary N) is 1. The van der Waals surface area contributed by atoms with Crippen LogP contribution in [0.15, 0.2) is 0 Å². The van der Waals surface area contributed by atoms with Crippen LogP contribution >= 0.6 is 15.9 Å². The molecule has 0 spiro atoms. The van der Waals surface area contributed by atoms with E-state index in [9.17, 15) is 4.79 Å². The molecule has 1 amide bonds. The van der Waals surface area contributed by atoms with E-state index in [1.165, 1.54) is 0 Å². The topological polar surface area (TPSA) is 38.3 Å². The summed E-state index contributed by atoms with van der Waals surface area (Å²) in [6.07, 6.45) is 2.71. The summed E-state index contributed by atoms with van der Waals surface area (Å²) in [6.45, 7) is 6.64. The molecule has 1 unspecified atom stereocenters. The summed E-state index contributed by atoms with van der Waals surface area (Å²) in [7, 11) is 0. The van der Waals surface area contributed by atoms with Crippen LogP contribution in [0.1, 0.15) is 40.0 Å². The Balaban J connectivity index is 2.54. The highest BCUT2D eigenvalue weighted by Crippen LogP contribution is 2.26. The molecule has 0 aromatic carbocycles. The van der Waals surface area contributed by atoms with Crippen LogP contribution in [-0.4, -0.2) is 29.0 Å². The van der Waals surface area contributed by atoms with Gasteiger partial charge in [-0.2, -0.15) is 0 Å². The summed E-state index contributed by atoms with van der Waals surface area (Å²) in [5, 5.41) is 3.93. The first-order valence-electron chi connectivity index (χ1n) is 5.42. The van der Waals surface area contributed by atoms with Crippen LogP contribution in [0.4, 0.5) is 0 Å². The molecule has 3 nitrogen and oxygen atoms in total. The van der Waals surface area contributed by atoms with Gasteiger partial charge in [0.15, 0.2) is 0 Å². The summed E-state index contributed by atoms with van der Waals surface area (Å²) >= 11 is 3.39. The van der Waals surface area contributed by atoms with E-state index in [0.717, 1.165) is 24.6 Å². The van der Waals surface area contributed by atoms with Crippen LogP contribution in [0.3, 0.4) is 0 Å². The maximum Gasteiger partial charge on any atom is 0.252 e.